The second kappa shape index (κ2) is 4.34. The molecule has 0 saturated carbocycles. The molecule has 0 radical (unpaired) electrons. The molecule has 4 heteroatoms. The summed E-state index contributed by atoms with van der Waals surface area (Å²) in [6, 6.07) is 6.30. The van der Waals surface area contributed by atoms with Crippen molar-refractivity contribution in [2.24, 2.45) is 5.92 Å². The monoisotopic (exact) mass is 228 g/mol. The molecule has 2 bridgehead atoms. The summed E-state index contributed by atoms with van der Waals surface area (Å²) in [4.78, 5) is 6.61. The van der Waals surface area contributed by atoms with Crippen molar-refractivity contribution in [3.63, 3.8) is 0 Å². The van der Waals surface area contributed by atoms with E-state index in [0.29, 0.717) is 11.7 Å². The summed E-state index contributed by atoms with van der Waals surface area (Å²) in [5.74, 6) is 0.802. The van der Waals surface area contributed by atoms with Crippen molar-refractivity contribution in [3.05, 3.63) is 24.0 Å². The third kappa shape index (κ3) is 2.11. The van der Waals surface area contributed by atoms with Gasteiger partial charge in [-0.15, -0.1) is 0 Å². The van der Waals surface area contributed by atoms with Gasteiger partial charge in [0.2, 0.25) is 0 Å². The molecule has 1 atom stereocenters. The van der Waals surface area contributed by atoms with Crippen LogP contribution in [-0.2, 0) is 0 Å². The molecule has 4 rings (SSSR count). The number of pyridine rings is 1. The van der Waals surface area contributed by atoms with Gasteiger partial charge in [0, 0.05) is 12.6 Å². The highest BCUT2D eigenvalue weighted by Gasteiger charge is 2.33. The molecule has 0 spiro atoms. The van der Waals surface area contributed by atoms with Gasteiger partial charge in [-0.2, -0.15) is 5.26 Å². The van der Waals surface area contributed by atoms with Crippen molar-refractivity contribution >= 4 is 5.69 Å². The minimum Gasteiger partial charge on any atom is -0.379 e. The van der Waals surface area contributed by atoms with Crippen LogP contribution in [0.2, 0.25) is 0 Å². The molecule has 3 aliphatic heterocycles. The van der Waals surface area contributed by atoms with Crippen LogP contribution in [0.4, 0.5) is 5.69 Å². The summed E-state index contributed by atoms with van der Waals surface area (Å²) >= 11 is 0. The Hall–Kier alpha value is -1.60. The molecule has 4 heterocycles. The average Bonchev–Trinajstić information content (AvgIpc) is 2.41. The molecule has 1 unspecified atom stereocenters. The van der Waals surface area contributed by atoms with Crippen molar-refractivity contribution < 1.29 is 0 Å². The summed E-state index contributed by atoms with van der Waals surface area (Å²) in [6.45, 7) is 3.66. The molecule has 3 fully saturated rings. The lowest BCUT2D eigenvalue weighted by Crippen LogP contribution is -2.53. The van der Waals surface area contributed by atoms with E-state index in [9.17, 15) is 0 Å². The summed E-state index contributed by atoms with van der Waals surface area (Å²) in [5, 5.41) is 12.2. The molecule has 4 nitrogen and oxygen atoms in total. The van der Waals surface area contributed by atoms with E-state index in [1.165, 1.54) is 25.9 Å². The van der Waals surface area contributed by atoms with Gasteiger partial charge in [0.05, 0.1) is 11.9 Å². The smallest absolute Gasteiger partial charge is 0.140 e. The Balaban J connectivity index is 1.68. The van der Waals surface area contributed by atoms with Gasteiger partial charge in [-0.3, -0.25) is 0 Å². The van der Waals surface area contributed by atoms with Crippen molar-refractivity contribution in [2.75, 3.05) is 25.0 Å². The number of fused-ring (bicyclic) bond motifs is 3. The number of rotatable bonds is 2. The van der Waals surface area contributed by atoms with Crippen LogP contribution in [0.5, 0.6) is 0 Å². The van der Waals surface area contributed by atoms with Crippen LogP contribution in [0, 0.1) is 17.2 Å². The predicted molar refractivity (Wildman–Crippen MR) is 65.5 cm³/mol. The first-order chi connectivity index (χ1) is 8.35. The first-order valence-electron chi connectivity index (χ1n) is 6.20. The third-order valence-corrected chi connectivity index (χ3v) is 3.89. The van der Waals surface area contributed by atoms with Crippen LogP contribution in [0.15, 0.2) is 18.3 Å². The maximum Gasteiger partial charge on any atom is 0.140 e. The number of nitrogens with zero attached hydrogens (tertiary/aromatic N) is 3. The summed E-state index contributed by atoms with van der Waals surface area (Å²) < 4.78 is 0. The Kier molecular flexibility index (Phi) is 2.69. The first kappa shape index (κ1) is 10.5. The average molecular weight is 228 g/mol. The molecule has 17 heavy (non-hydrogen) atoms. The van der Waals surface area contributed by atoms with Crippen molar-refractivity contribution in [2.45, 2.75) is 18.9 Å². The van der Waals surface area contributed by atoms with Crippen LogP contribution in [0.1, 0.15) is 18.5 Å². The van der Waals surface area contributed by atoms with Gasteiger partial charge in [-0.25, -0.2) is 4.98 Å². The summed E-state index contributed by atoms with van der Waals surface area (Å²) in [7, 11) is 0. The maximum atomic E-state index is 8.70. The fourth-order valence-electron chi connectivity index (χ4n) is 2.89. The lowest BCUT2D eigenvalue weighted by molar-refractivity contribution is 0.0975. The summed E-state index contributed by atoms with van der Waals surface area (Å²) in [5.41, 5.74) is 1.51. The number of hydrogen-bond acceptors (Lipinski definition) is 4. The number of nitrogens with one attached hydrogen (secondary N) is 1. The second-order valence-electron chi connectivity index (χ2n) is 4.93. The first-order valence-corrected chi connectivity index (χ1v) is 6.20. The van der Waals surface area contributed by atoms with E-state index in [0.717, 1.165) is 18.2 Å². The number of anilines is 1. The quantitative estimate of drug-likeness (QED) is 0.832. The van der Waals surface area contributed by atoms with Crippen molar-refractivity contribution in [1.29, 1.82) is 5.26 Å². The Morgan fingerprint density at radius 3 is 2.71 bits per heavy atom. The van der Waals surface area contributed by atoms with Gasteiger partial charge in [0.25, 0.3) is 0 Å². The van der Waals surface area contributed by atoms with Gasteiger partial charge >= 0.3 is 0 Å². The predicted octanol–water partition coefficient (Wildman–Crippen LogP) is 1.46. The van der Waals surface area contributed by atoms with E-state index in [1.54, 1.807) is 12.3 Å². The molecule has 0 aromatic carbocycles. The molecule has 3 saturated heterocycles. The lowest BCUT2D eigenvalue weighted by Gasteiger charge is -2.45. The van der Waals surface area contributed by atoms with E-state index in [4.69, 9.17) is 5.26 Å². The zero-order valence-electron chi connectivity index (χ0n) is 9.76. The zero-order valence-corrected chi connectivity index (χ0v) is 9.76. The molecular weight excluding hydrogens is 212 g/mol. The van der Waals surface area contributed by atoms with Gasteiger partial charge in [0.1, 0.15) is 11.8 Å². The van der Waals surface area contributed by atoms with Crippen LogP contribution in [-0.4, -0.2) is 35.6 Å². The molecule has 88 valence electrons. The highest BCUT2D eigenvalue weighted by molar-refractivity contribution is 5.44. The normalized spacial score (nSPS) is 30.9. The van der Waals surface area contributed by atoms with Crippen molar-refractivity contribution in [3.8, 4) is 6.07 Å². The molecule has 3 aliphatic rings. The molecule has 1 N–H and O–H groups in total. The molecular formula is C13H16N4. The molecule has 1 aromatic heterocycles. The number of aromatic nitrogens is 1. The van der Waals surface area contributed by atoms with Gasteiger partial charge < -0.3 is 10.2 Å². The van der Waals surface area contributed by atoms with E-state index in [1.807, 2.05) is 12.1 Å². The topological polar surface area (TPSA) is 52.0 Å². The van der Waals surface area contributed by atoms with Crippen LogP contribution < -0.4 is 5.32 Å². The van der Waals surface area contributed by atoms with Crippen LogP contribution in [0.25, 0.3) is 0 Å². The van der Waals surface area contributed by atoms with Gasteiger partial charge in [-0.05, 0) is 44.0 Å². The van der Waals surface area contributed by atoms with E-state index < -0.39 is 0 Å². The third-order valence-electron chi connectivity index (χ3n) is 3.89. The Morgan fingerprint density at radius 2 is 2.18 bits per heavy atom. The highest BCUT2D eigenvalue weighted by Crippen LogP contribution is 2.29. The lowest BCUT2D eigenvalue weighted by atomic mass is 9.84. The van der Waals surface area contributed by atoms with Gasteiger partial charge in [0.15, 0.2) is 0 Å². The zero-order chi connectivity index (χ0) is 11.7. The molecule has 1 aromatic rings. The largest absolute Gasteiger partial charge is 0.379 e. The SMILES string of the molecule is N#Cc1ccc(NC2CN3CCC2CC3)cn1. The van der Waals surface area contributed by atoms with Gasteiger partial charge in [-0.1, -0.05) is 0 Å². The van der Waals surface area contributed by atoms with Crippen LogP contribution >= 0.6 is 0 Å². The molecule has 0 amide bonds. The molecule has 0 aliphatic carbocycles. The number of piperidine rings is 3. The Morgan fingerprint density at radius 1 is 1.35 bits per heavy atom. The van der Waals surface area contributed by atoms with Crippen molar-refractivity contribution in [1.82, 2.24) is 9.88 Å². The minimum atomic E-state index is 0.476. The second-order valence-corrected chi connectivity index (χ2v) is 4.93. The Labute approximate surface area is 101 Å². The minimum absolute atomic E-state index is 0.476. The number of nitriles is 1. The maximum absolute atomic E-state index is 8.70. The number of hydrogen-bond donors (Lipinski definition) is 1. The van der Waals surface area contributed by atoms with E-state index in [2.05, 4.69) is 15.2 Å². The Bertz CT molecular complexity index is 426. The standard InChI is InChI=1S/C13H16N4/c14-7-11-1-2-12(8-15-11)16-13-9-17-5-3-10(13)4-6-17/h1-2,8,10,13,16H,3-6,9H2. The summed E-state index contributed by atoms with van der Waals surface area (Å²) in [6.07, 6.45) is 4.37. The van der Waals surface area contributed by atoms with E-state index >= 15 is 0 Å². The van der Waals surface area contributed by atoms with Crippen LogP contribution in [0.3, 0.4) is 0 Å². The fraction of sp³-hybridized carbons (Fsp3) is 0.538. The van der Waals surface area contributed by atoms with E-state index in [-0.39, 0.29) is 0 Å². The fourth-order valence-corrected chi connectivity index (χ4v) is 2.89. The highest BCUT2D eigenvalue weighted by atomic mass is 15.2.